The Morgan fingerprint density at radius 1 is 0.744 bits per heavy atom. The Morgan fingerprint density at radius 3 is 1.77 bits per heavy atom. The minimum atomic E-state index is -1.46. The summed E-state index contributed by atoms with van der Waals surface area (Å²) in [4.78, 5) is 105. The number of hydrogen-bond donors (Lipinski definition) is 7. The summed E-state index contributed by atoms with van der Waals surface area (Å²) < 4.78 is 0. The molecule has 1 aliphatic heterocycles. The minimum Gasteiger partial charge on any atom is -0.481 e. The van der Waals surface area contributed by atoms with Gasteiger partial charge in [0, 0.05) is 25.1 Å². The predicted octanol–water partition coefficient (Wildman–Crippen LogP) is -4.62. The summed E-state index contributed by atoms with van der Waals surface area (Å²) in [7, 11) is 0. The van der Waals surface area contributed by atoms with E-state index in [0.29, 0.717) is 19.3 Å². The number of rotatable bonds is 18. The largest absolute Gasteiger partial charge is 0.481 e. The van der Waals surface area contributed by atoms with Gasteiger partial charge in [0.05, 0.1) is 32.6 Å². The van der Waals surface area contributed by atoms with Crippen LogP contribution in [0.1, 0.15) is 32.1 Å². The molecule has 0 aliphatic carbocycles. The second-order valence-electron chi connectivity index (χ2n) is 8.20. The lowest BCUT2D eigenvalue weighted by atomic mass is 10.1. The highest BCUT2D eigenvalue weighted by atomic mass is 16.4. The highest BCUT2D eigenvalue weighted by molar-refractivity contribution is 6.12. The van der Waals surface area contributed by atoms with Crippen molar-refractivity contribution in [2.24, 2.45) is 5.73 Å². The van der Waals surface area contributed by atoms with Crippen molar-refractivity contribution in [2.75, 3.05) is 32.7 Å². The van der Waals surface area contributed by atoms with Gasteiger partial charge in [-0.25, -0.2) is 0 Å². The van der Waals surface area contributed by atoms with Crippen LogP contribution in [0.3, 0.4) is 0 Å². The molecule has 17 heteroatoms. The van der Waals surface area contributed by atoms with Gasteiger partial charge >= 0.3 is 5.97 Å². The fourth-order valence-electron chi connectivity index (χ4n) is 3.06. The van der Waals surface area contributed by atoms with E-state index < -0.39 is 91.9 Å². The first-order chi connectivity index (χ1) is 18.4. The third-order valence-electron chi connectivity index (χ3n) is 4.99. The number of aliphatic carboxylic acids is 1. The molecule has 0 aromatic rings. The molecule has 0 saturated heterocycles. The van der Waals surface area contributed by atoms with Crippen LogP contribution in [-0.2, 0) is 43.2 Å². The summed E-state index contributed by atoms with van der Waals surface area (Å²) in [6.45, 7) is -1.83. The van der Waals surface area contributed by atoms with Gasteiger partial charge in [-0.1, -0.05) is 6.42 Å². The first-order valence-electron chi connectivity index (χ1n) is 11.8. The summed E-state index contributed by atoms with van der Waals surface area (Å²) in [6.07, 6.45) is 2.86. The van der Waals surface area contributed by atoms with Gasteiger partial charge < -0.3 is 37.4 Å². The quantitative estimate of drug-likeness (QED) is 0.0630. The molecule has 8 N–H and O–H groups in total. The van der Waals surface area contributed by atoms with Crippen molar-refractivity contribution < 1.29 is 48.3 Å². The molecule has 214 valence electrons. The fourth-order valence-corrected chi connectivity index (χ4v) is 3.06. The van der Waals surface area contributed by atoms with Gasteiger partial charge in [0.25, 0.3) is 11.8 Å². The zero-order valence-corrected chi connectivity index (χ0v) is 20.9. The Morgan fingerprint density at radius 2 is 1.26 bits per heavy atom. The van der Waals surface area contributed by atoms with E-state index in [1.807, 2.05) is 0 Å². The van der Waals surface area contributed by atoms with E-state index in [4.69, 9.17) is 10.8 Å². The number of nitrogens with one attached hydrogen (secondary N) is 5. The number of hydrogen-bond acceptors (Lipinski definition) is 9. The van der Waals surface area contributed by atoms with Crippen LogP contribution < -0.4 is 32.3 Å². The first kappa shape index (κ1) is 32.2. The molecule has 0 radical (unpaired) electrons. The van der Waals surface area contributed by atoms with Crippen LogP contribution >= 0.6 is 0 Å². The summed E-state index contributed by atoms with van der Waals surface area (Å²) in [5.74, 6) is -6.71. The highest BCUT2D eigenvalue weighted by Gasteiger charge is 2.25. The van der Waals surface area contributed by atoms with Gasteiger partial charge in [-0.15, -0.1) is 0 Å². The van der Waals surface area contributed by atoms with E-state index in [0.717, 1.165) is 4.90 Å². The van der Waals surface area contributed by atoms with Crippen molar-refractivity contribution in [1.29, 1.82) is 0 Å². The Hall–Kier alpha value is -4.83. The summed E-state index contributed by atoms with van der Waals surface area (Å²) in [5, 5.41) is 20.0. The van der Waals surface area contributed by atoms with Crippen LogP contribution in [0, 0.1) is 0 Å². The Bertz CT molecular complexity index is 1010. The zero-order valence-electron chi connectivity index (χ0n) is 20.9. The fraction of sp³-hybridized carbons (Fsp3) is 0.500. The highest BCUT2D eigenvalue weighted by Crippen LogP contribution is 2.08. The van der Waals surface area contributed by atoms with Crippen LogP contribution in [-0.4, -0.2) is 102 Å². The van der Waals surface area contributed by atoms with Crippen molar-refractivity contribution >= 4 is 53.2 Å². The number of imide groups is 1. The van der Waals surface area contributed by atoms with Crippen LogP contribution in [0.4, 0.5) is 0 Å². The van der Waals surface area contributed by atoms with Crippen molar-refractivity contribution in [1.82, 2.24) is 31.5 Å². The first-order valence-corrected chi connectivity index (χ1v) is 11.8. The Balaban J connectivity index is 2.33. The smallest absolute Gasteiger partial charge is 0.305 e. The van der Waals surface area contributed by atoms with E-state index in [1.54, 1.807) is 0 Å². The molecule has 0 bridgehead atoms. The van der Waals surface area contributed by atoms with Crippen LogP contribution in [0.5, 0.6) is 0 Å². The molecular formula is C22H31N7O10. The normalized spacial score (nSPS) is 12.9. The van der Waals surface area contributed by atoms with E-state index >= 15 is 0 Å². The molecule has 17 nitrogen and oxygen atoms in total. The lowest BCUT2D eigenvalue weighted by Crippen LogP contribution is -2.50. The second kappa shape index (κ2) is 16.8. The van der Waals surface area contributed by atoms with Gasteiger partial charge in [-0.3, -0.25) is 48.1 Å². The summed E-state index contributed by atoms with van der Waals surface area (Å²) in [6, 6.07) is -1.46. The molecule has 0 spiro atoms. The van der Waals surface area contributed by atoms with Crippen molar-refractivity contribution in [3.05, 3.63) is 12.2 Å². The molecule has 0 unspecified atom stereocenters. The number of unbranched alkanes of at least 4 members (excludes halogenated alkanes) is 2. The number of amides is 8. The molecule has 1 aliphatic rings. The monoisotopic (exact) mass is 553 g/mol. The number of primary amides is 1. The molecule has 39 heavy (non-hydrogen) atoms. The van der Waals surface area contributed by atoms with Gasteiger partial charge in [-0.05, 0) is 12.8 Å². The molecule has 0 fully saturated rings. The second-order valence-corrected chi connectivity index (χ2v) is 8.20. The van der Waals surface area contributed by atoms with E-state index in [9.17, 15) is 43.2 Å². The molecular weight excluding hydrogens is 522 g/mol. The van der Waals surface area contributed by atoms with Crippen LogP contribution in [0.25, 0.3) is 0 Å². The maximum atomic E-state index is 12.3. The lowest BCUT2D eigenvalue weighted by Gasteiger charge is -2.17. The predicted molar refractivity (Wildman–Crippen MR) is 130 cm³/mol. The average Bonchev–Trinajstić information content (AvgIpc) is 3.19. The molecule has 0 saturated carbocycles. The lowest BCUT2D eigenvalue weighted by molar-refractivity contribution is -0.141. The van der Waals surface area contributed by atoms with Gasteiger partial charge in [0.15, 0.2) is 0 Å². The molecule has 8 amide bonds. The molecule has 1 atom stereocenters. The third-order valence-corrected chi connectivity index (χ3v) is 4.99. The van der Waals surface area contributed by atoms with E-state index in [1.165, 1.54) is 12.2 Å². The Kier molecular flexibility index (Phi) is 13.9. The van der Waals surface area contributed by atoms with Crippen molar-refractivity contribution in [3.63, 3.8) is 0 Å². The zero-order chi connectivity index (χ0) is 29.4. The topological polar surface area (TPSA) is 263 Å². The SMILES string of the molecule is NC(=O)CNC(=O)CNC(=O)CNC(=O)CNC(=O)[C@H](CC(=O)O)NC(=O)CCCCCN1C(=O)C=CC1=O. The number of carboxylic acids is 1. The van der Waals surface area contributed by atoms with Gasteiger partial charge in [0.2, 0.25) is 35.4 Å². The van der Waals surface area contributed by atoms with Crippen LogP contribution in [0.2, 0.25) is 0 Å². The van der Waals surface area contributed by atoms with Crippen molar-refractivity contribution in [2.45, 2.75) is 38.1 Å². The molecule has 0 aromatic heterocycles. The maximum Gasteiger partial charge on any atom is 0.305 e. The average molecular weight is 554 g/mol. The van der Waals surface area contributed by atoms with Crippen molar-refractivity contribution in [3.8, 4) is 0 Å². The molecule has 1 heterocycles. The number of nitrogens with zero attached hydrogens (tertiary/aromatic N) is 1. The van der Waals surface area contributed by atoms with E-state index in [2.05, 4.69) is 26.6 Å². The number of carbonyl (C=O) groups excluding carboxylic acids is 8. The van der Waals surface area contributed by atoms with Crippen LogP contribution in [0.15, 0.2) is 12.2 Å². The third kappa shape index (κ3) is 13.9. The van der Waals surface area contributed by atoms with Gasteiger partial charge in [0.1, 0.15) is 6.04 Å². The minimum absolute atomic E-state index is 0.0420. The number of nitrogens with two attached hydrogens (primary N) is 1. The number of carbonyl (C=O) groups is 9. The molecule has 1 rings (SSSR count). The maximum absolute atomic E-state index is 12.3. The number of carboxylic acid groups (broad SMARTS) is 1. The molecule has 0 aromatic carbocycles. The van der Waals surface area contributed by atoms with Gasteiger partial charge in [-0.2, -0.15) is 0 Å². The summed E-state index contributed by atoms with van der Waals surface area (Å²) >= 11 is 0. The standard InChI is InChI=1S/C22H31N7O10/c23-14(30)9-24-16(32)10-25-17(33)11-26-18(34)12-27-22(39)13(8-21(37)38)28-15(31)4-2-1-3-7-29-19(35)5-6-20(29)36/h5-6,13H,1-4,7-12H2,(H2,23,30)(H,24,32)(H,25,33)(H,26,34)(H,27,39)(H,28,31)(H,37,38)/t13-/m0/s1. The Labute approximate surface area is 222 Å². The van der Waals surface area contributed by atoms with E-state index in [-0.39, 0.29) is 13.0 Å². The summed E-state index contributed by atoms with van der Waals surface area (Å²) in [5.41, 5.74) is 4.86.